The number of methoxy groups -OCH3 is 2. The van der Waals surface area contributed by atoms with Crippen LogP contribution in [0.5, 0.6) is 5.75 Å². The van der Waals surface area contributed by atoms with E-state index in [1.165, 1.54) is 30.1 Å². The van der Waals surface area contributed by atoms with E-state index < -0.39 is 48.4 Å². The van der Waals surface area contributed by atoms with Crippen molar-refractivity contribution in [1.29, 1.82) is 0 Å². The normalized spacial score (nSPS) is 20.9. The number of fused-ring (bicyclic) bond motifs is 4. The Morgan fingerprint density at radius 2 is 1.93 bits per heavy atom. The van der Waals surface area contributed by atoms with Crippen LogP contribution in [0.3, 0.4) is 0 Å². The summed E-state index contributed by atoms with van der Waals surface area (Å²) in [5.41, 5.74) is 1.40. The summed E-state index contributed by atoms with van der Waals surface area (Å²) in [7, 11) is 2.66. The molecule has 6 rings (SSSR count). The summed E-state index contributed by atoms with van der Waals surface area (Å²) in [4.78, 5) is 41.5. The minimum atomic E-state index is -1.01. The maximum Gasteiger partial charge on any atom is 0.510 e. The molecule has 0 spiro atoms. The summed E-state index contributed by atoms with van der Waals surface area (Å²) >= 11 is 1.60. The fraction of sp³-hybridized carbons (Fsp3) is 0.345. The van der Waals surface area contributed by atoms with Gasteiger partial charge in [-0.25, -0.2) is 9.18 Å². The van der Waals surface area contributed by atoms with Crippen LogP contribution in [0.15, 0.2) is 64.4 Å². The summed E-state index contributed by atoms with van der Waals surface area (Å²) < 4.78 is 43.8. The van der Waals surface area contributed by atoms with Gasteiger partial charge in [-0.1, -0.05) is 30.3 Å². The average Bonchev–Trinajstić information content (AvgIpc) is 3.16. The molecule has 0 bridgehead atoms. The lowest BCUT2D eigenvalue weighted by atomic mass is 9.92. The van der Waals surface area contributed by atoms with Gasteiger partial charge in [0.25, 0.3) is 5.91 Å². The number of carbonyl (C=O) groups excluding carboxylic acids is 2. The van der Waals surface area contributed by atoms with Crippen LogP contribution in [0.4, 0.5) is 9.18 Å². The highest BCUT2D eigenvalue weighted by atomic mass is 32.2. The van der Waals surface area contributed by atoms with Crippen LogP contribution in [0.2, 0.25) is 0 Å². The van der Waals surface area contributed by atoms with Crippen molar-refractivity contribution in [1.82, 2.24) is 9.58 Å². The number of amides is 1. The van der Waals surface area contributed by atoms with E-state index in [1.807, 2.05) is 35.3 Å². The molecule has 2 aromatic carbocycles. The topological polar surface area (TPSA) is 109 Å². The summed E-state index contributed by atoms with van der Waals surface area (Å²) in [5, 5.41) is 1.86. The van der Waals surface area contributed by atoms with Crippen molar-refractivity contribution in [2.45, 2.75) is 28.9 Å². The zero-order chi connectivity index (χ0) is 29.4. The fourth-order valence-electron chi connectivity index (χ4n) is 5.77. The van der Waals surface area contributed by atoms with Gasteiger partial charge in [-0.05, 0) is 23.3 Å². The number of morpholine rings is 1. The zero-order valence-electron chi connectivity index (χ0n) is 22.9. The molecule has 1 fully saturated rings. The standard InChI is InChI=1S/C29H28FN3O8S/c1-37-12-18-13-39-14-23-32(18)28(35)26-27(40-16-41-29(36)38-2)21(34)10-11-31(26)33(23)25-19-7-3-4-9-22(19)42-15-17-6-5-8-20(30)24(17)25/h3-11,18,23,25H,12-16H2,1-2H3/t18?,23-,25-/m1/s1. The largest absolute Gasteiger partial charge is 0.510 e. The second kappa shape index (κ2) is 11.7. The number of hydrogen-bond donors (Lipinski definition) is 0. The van der Waals surface area contributed by atoms with E-state index in [0.29, 0.717) is 11.3 Å². The Bertz CT molecular complexity index is 1580. The molecule has 3 aliphatic heterocycles. The van der Waals surface area contributed by atoms with Crippen molar-refractivity contribution in [2.24, 2.45) is 0 Å². The van der Waals surface area contributed by atoms with Crippen LogP contribution in [0.25, 0.3) is 0 Å². The lowest BCUT2D eigenvalue weighted by molar-refractivity contribution is -0.0697. The highest BCUT2D eigenvalue weighted by molar-refractivity contribution is 7.98. The molecular weight excluding hydrogens is 569 g/mol. The number of rotatable bonds is 6. The summed E-state index contributed by atoms with van der Waals surface area (Å²) in [5.74, 6) is -0.671. The molecule has 13 heteroatoms. The Hall–Kier alpha value is -4.07. The first-order valence-corrected chi connectivity index (χ1v) is 14.2. The minimum Gasteiger partial charge on any atom is -0.451 e. The predicted molar refractivity (Wildman–Crippen MR) is 149 cm³/mol. The minimum absolute atomic E-state index is 0.0949. The van der Waals surface area contributed by atoms with Crippen LogP contribution >= 0.6 is 11.8 Å². The number of nitrogens with zero attached hydrogens (tertiary/aromatic N) is 3. The number of ether oxygens (including phenoxy) is 5. The van der Waals surface area contributed by atoms with Gasteiger partial charge in [0.1, 0.15) is 18.0 Å². The van der Waals surface area contributed by atoms with E-state index >= 15 is 4.39 Å². The van der Waals surface area contributed by atoms with Gasteiger partial charge >= 0.3 is 6.16 Å². The van der Waals surface area contributed by atoms with Crippen molar-refractivity contribution in [3.8, 4) is 5.75 Å². The molecule has 3 atom stereocenters. The number of carbonyl (C=O) groups is 2. The van der Waals surface area contributed by atoms with Crippen LogP contribution in [-0.2, 0) is 24.7 Å². The van der Waals surface area contributed by atoms with Gasteiger partial charge in [0.2, 0.25) is 18.0 Å². The maximum absolute atomic E-state index is 15.9. The number of aromatic nitrogens is 1. The quantitative estimate of drug-likeness (QED) is 0.310. The van der Waals surface area contributed by atoms with Crippen LogP contribution < -0.4 is 15.2 Å². The van der Waals surface area contributed by atoms with Gasteiger partial charge in [-0.3, -0.25) is 19.3 Å². The number of benzene rings is 2. The molecule has 11 nitrogen and oxygen atoms in total. The SMILES string of the molecule is COCC1COC[C@@H]2N1C(=O)c1c(OCOC(=O)OC)c(=O)ccn1N2[C@@H]1c2ccccc2SCc2cccc(F)c21. The summed E-state index contributed by atoms with van der Waals surface area (Å²) in [6.45, 7) is -0.184. The highest BCUT2D eigenvalue weighted by Crippen LogP contribution is 2.45. The fourth-order valence-corrected chi connectivity index (χ4v) is 6.85. The Balaban J connectivity index is 1.59. The highest BCUT2D eigenvalue weighted by Gasteiger charge is 2.49. The second-order valence-corrected chi connectivity index (χ2v) is 10.8. The van der Waals surface area contributed by atoms with Gasteiger partial charge in [0.05, 0.1) is 33.0 Å². The average molecular weight is 598 g/mol. The van der Waals surface area contributed by atoms with Crippen LogP contribution in [0, 0.1) is 5.82 Å². The second-order valence-electron chi connectivity index (χ2n) is 9.82. The van der Waals surface area contributed by atoms with E-state index in [4.69, 9.17) is 18.9 Å². The van der Waals surface area contributed by atoms with E-state index in [-0.39, 0.29) is 31.3 Å². The lowest BCUT2D eigenvalue weighted by Crippen LogP contribution is -2.69. The lowest BCUT2D eigenvalue weighted by Gasteiger charge is -2.53. The number of halogens is 1. The van der Waals surface area contributed by atoms with Crippen molar-refractivity contribution in [3.63, 3.8) is 0 Å². The molecule has 0 N–H and O–H groups in total. The van der Waals surface area contributed by atoms with Crippen molar-refractivity contribution < 1.29 is 37.7 Å². The molecule has 0 aliphatic carbocycles. The molecular formula is C29H28FN3O8S. The smallest absolute Gasteiger partial charge is 0.451 e. The third kappa shape index (κ3) is 4.76. The van der Waals surface area contributed by atoms with Crippen molar-refractivity contribution >= 4 is 23.8 Å². The molecule has 3 aromatic rings. The molecule has 4 heterocycles. The molecule has 3 aliphatic rings. The molecule has 1 amide bonds. The third-order valence-electron chi connectivity index (χ3n) is 7.50. The molecule has 1 unspecified atom stereocenters. The Morgan fingerprint density at radius 3 is 2.74 bits per heavy atom. The molecule has 1 saturated heterocycles. The van der Waals surface area contributed by atoms with Crippen LogP contribution in [0.1, 0.15) is 33.2 Å². The van der Waals surface area contributed by atoms with Crippen LogP contribution in [-0.4, -0.2) is 74.7 Å². The monoisotopic (exact) mass is 597 g/mol. The molecule has 220 valence electrons. The van der Waals surface area contributed by atoms with Crippen molar-refractivity contribution in [3.05, 3.63) is 93.2 Å². The predicted octanol–water partition coefficient (Wildman–Crippen LogP) is 3.27. The van der Waals surface area contributed by atoms with Gasteiger partial charge in [0, 0.05) is 35.6 Å². The first-order chi connectivity index (χ1) is 20.4. The van der Waals surface area contributed by atoms with E-state index in [0.717, 1.165) is 23.1 Å². The van der Waals surface area contributed by atoms with Gasteiger partial charge < -0.3 is 28.6 Å². The van der Waals surface area contributed by atoms with Gasteiger partial charge in [0.15, 0.2) is 5.69 Å². The third-order valence-corrected chi connectivity index (χ3v) is 8.64. The Morgan fingerprint density at radius 1 is 1.10 bits per heavy atom. The van der Waals surface area contributed by atoms with Gasteiger partial charge in [-0.2, -0.15) is 0 Å². The van der Waals surface area contributed by atoms with Crippen molar-refractivity contribution in [2.75, 3.05) is 45.8 Å². The first kappa shape index (κ1) is 28.1. The number of pyridine rings is 1. The molecule has 0 radical (unpaired) electrons. The first-order valence-electron chi connectivity index (χ1n) is 13.2. The summed E-state index contributed by atoms with van der Waals surface area (Å²) in [6.07, 6.45) is -0.239. The maximum atomic E-state index is 15.9. The van der Waals surface area contributed by atoms with Gasteiger partial charge in [-0.15, -0.1) is 11.8 Å². The molecule has 0 saturated carbocycles. The van der Waals surface area contributed by atoms with E-state index in [9.17, 15) is 14.4 Å². The zero-order valence-corrected chi connectivity index (χ0v) is 23.7. The summed E-state index contributed by atoms with van der Waals surface area (Å²) in [6, 6.07) is 12.8. The Kier molecular flexibility index (Phi) is 7.80. The van der Waals surface area contributed by atoms with E-state index in [2.05, 4.69) is 4.74 Å². The Labute approximate surface area is 244 Å². The number of thioether (sulfide) groups is 1. The number of hydrogen-bond acceptors (Lipinski definition) is 10. The van der Waals surface area contributed by atoms with E-state index in [1.54, 1.807) is 22.7 Å². The molecule has 1 aromatic heterocycles. The molecule has 42 heavy (non-hydrogen) atoms.